The van der Waals surface area contributed by atoms with E-state index < -0.39 is 5.54 Å². The summed E-state index contributed by atoms with van der Waals surface area (Å²) in [4.78, 5) is 0. The van der Waals surface area contributed by atoms with E-state index in [1.807, 2.05) is 30.8 Å². The normalized spacial score (nSPS) is 14.4. The van der Waals surface area contributed by atoms with Crippen molar-refractivity contribution < 1.29 is 0 Å². The second kappa shape index (κ2) is 5.66. The average Bonchev–Trinajstić information content (AvgIpc) is 2.70. The summed E-state index contributed by atoms with van der Waals surface area (Å²) in [6, 6.07) is 4.31. The maximum Gasteiger partial charge on any atom is 0.105 e. The summed E-state index contributed by atoms with van der Waals surface area (Å²) in [5.74, 6) is 0. The standard InChI is InChI=1S/C12H20N4/c1-4-7-14-12(3,10-13)6-9-16-8-5-11(2)15-16/h5,8,14H,4,6-7,9H2,1-3H3. The highest BCUT2D eigenvalue weighted by Crippen LogP contribution is 2.10. The molecule has 1 aromatic heterocycles. The molecule has 1 N–H and O–H groups in total. The number of aryl methyl sites for hydroxylation is 2. The molecule has 1 unspecified atom stereocenters. The van der Waals surface area contributed by atoms with E-state index in [0.717, 1.165) is 31.6 Å². The SMILES string of the molecule is CCCNC(C)(C#N)CCn1ccc(C)n1. The summed E-state index contributed by atoms with van der Waals surface area (Å²) < 4.78 is 1.89. The van der Waals surface area contributed by atoms with Crippen molar-refractivity contribution in [2.45, 2.75) is 45.7 Å². The van der Waals surface area contributed by atoms with Crippen LogP contribution in [0.4, 0.5) is 0 Å². The first-order valence-corrected chi connectivity index (χ1v) is 5.76. The second-order valence-corrected chi connectivity index (χ2v) is 4.34. The number of nitrogens with zero attached hydrogens (tertiary/aromatic N) is 3. The lowest BCUT2D eigenvalue weighted by Gasteiger charge is -2.22. The van der Waals surface area contributed by atoms with Crippen LogP contribution in [0.5, 0.6) is 0 Å². The van der Waals surface area contributed by atoms with Crippen molar-refractivity contribution in [2.24, 2.45) is 0 Å². The lowest BCUT2D eigenvalue weighted by Crippen LogP contribution is -2.42. The Bertz CT molecular complexity index is 363. The lowest BCUT2D eigenvalue weighted by molar-refractivity contribution is 0.382. The molecule has 0 aliphatic carbocycles. The van der Waals surface area contributed by atoms with Crippen LogP contribution in [0.25, 0.3) is 0 Å². The predicted molar refractivity (Wildman–Crippen MR) is 63.9 cm³/mol. The van der Waals surface area contributed by atoms with Crippen LogP contribution in [0.3, 0.4) is 0 Å². The number of nitriles is 1. The summed E-state index contributed by atoms with van der Waals surface area (Å²) >= 11 is 0. The molecule has 0 fully saturated rings. The van der Waals surface area contributed by atoms with Crippen LogP contribution in [0.1, 0.15) is 32.4 Å². The van der Waals surface area contributed by atoms with E-state index in [4.69, 9.17) is 5.26 Å². The molecule has 0 aliphatic heterocycles. The summed E-state index contributed by atoms with van der Waals surface area (Å²) in [5, 5.41) is 16.7. The van der Waals surface area contributed by atoms with Crippen LogP contribution >= 0.6 is 0 Å². The maximum absolute atomic E-state index is 9.15. The van der Waals surface area contributed by atoms with Gasteiger partial charge in [0.1, 0.15) is 5.54 Å². The van der Waals surface area contributed by atoms with Gasteiger partial charge in [-0.05, 0) is 39.3 Å². The molecular weight excluding hydrogens is 200 g/mol. The van der Waals surface area contributed by atoms with Crippen LogP contribution < -0.4 is 5.32 Å². The van der Waals surface area contributed by atoms with Gasteiger partial charge in [-0.1, -0.05) is 6.92 Å². The first-order valence-electron chi connectivity index (χ1n) is 5.76. The van der Waals surface area contributed by atoms with Crippen molar-refractivity contribution in [3.8, 4) is 6.07 Å². The Hall–Kier alpha value is -1.34. The van der Waals surface area contributed by atoms with E-state index >= 15 is 0 Å². The minimum atomic E-state index is -0.449. The first kappa shape index (κ1) is 12.7. The minimum Gasteiger partial charge on any atom is -0.300 e. The van der Waals surface area contributed by atoms with Gasteiger partial charge in [-0.25, -0.2) is 0 Å². The van der Waals surface area contributed by atoms with Crippen molar-refractivity contribution in [3.05, 3.63) is 18.0 Å². The molecule has 0 bridgehead atoms. The van der Waals surface area contributed by atoms with E-state index in [2.05, 4.69) is 23.4 Å². The zero-order valence-corrected chi connectivity index (χ0v) is 10.3. The van der Waals surface area contributed by atoms with Gasteiger partial charge in [0.2, 0.25) is 0 Å². The van der Waals surface area contributed by atoms with Gasteiger partial charge in [0.25, 0.3) is 0 Å². The van der Waals surface area contributed by atoms with Crippen molar-refractivity contribution in [3.63, 3.8) is 0 Å². The Balaban J connectivity index is 2.48. The van der Waals surface area contributed by atoms with Crippen molar-refractivity contribution in [1.29, 1.82) is 5.26 Å². The number of rotatable bonds is 6. The lowest BCUT2D eigenvalue weighted by atomic mass is 10.00. The predicted octanol–water partition coefficient (Wildman–Crippen LogP) is 1.86. The molecular formula is C12H20N4. The van der Waals surface area contributed by atoms with Crippen LogP contribution in [-0.4, -0.2) is 21.9 Å². The maximum atomic E-state index is 9.15. The fourth-order valence-corrected chi connectivity index (χ4v) is 1.51. The average molecular weight is 220 g/mol. The zero-order valence-electron chi connectivity index (χ0n) is 10.3. The molecule has 0 aliphatic rings. The molecule has 0 aromatic carbocycles. The molecule has 0 spiro atoms. The van der Waals surface area contributed by atoms with Gasteiger partial charge in [0.15, 0.2) is 0 Å². The fraction of sp³-hybridized carbons (Fsp3) is 0.667. The minimum absolute atomic E-state index is 0.449. The van der Waals surface area contributed by atoms with Crippen molar-refractivity contribution in [2.75, 3.05) is 6.54 Å². The third kappa shape index (κ3) is 3.67. The quantitative estimate of drug-likeness (QED) is 0.796. The van der Waals surface area contributed by atoms with E-state index in [9.17, 15) is 0 Å². The highest BCUT2D eigenvalue weighted by Gasteiger charge is 2.22. The second-order valence-electron chi connectivity index (χ2n) is 4.34. The molecule has 0 amide bonds. The van der Waals surface area contributed by atoms with Gasteiger partial charge in [0, 0.05) is 12.7 Å². The van der Waals surface area contributed by atoms with Gasteiger partial charge in [-0.2, -0.15) is 10.4 Å². The molecule has 88 valence electrons. The number of aromatic nitrogens is 2. The van der Waals surface area contributed by atoms with E-state index in [-0.39, 0.29) is 0 Å². The van der Waals surface area contributed by atoms with Crippen LogP contribution in [0, 0.1) is 18.3 Å². The molecule has 0 saturated carbocycles. The van der Waals surface area contributed by atoms with Gasteiger partial charge >= 0.3 is 0 Å². The molecule has 1 rings (SSSR count). The largest absolute Gasteiger partial charge is 0.300 e. The van der Waals surface area contributed by atoms with Gasteiger partial charge in [0.05, 0.1) is 11.8 Å². The van der Waals surface area contributed by atoms with Crippen LogP contribution in [-0.2, 0) is 6.54 Å². The van der Waals surface area contributed by atoms with Crippen molar-refractivity contribution >= 4 is 0 Å². The summed E-state index contributed by atoms with van der Waals surface area (Å²) in [6.07, 6.45) is 3.76. The Morgan fingerprint density at radius 1 is 1.62 bits per heavy atom. The van der Waals surface area contributed by atoms with Crippen LogP contribution in [0.2, 0.25) is 0 Å². The van der Waals surface area contributed by atoms with Gasteiger partial charge in [-0.15, -0.1) is 0 Å². The molecule has 1 aromatic rings. The number of hydrogen-bond donors (Lipinski definition) is 1. The van der Waals surface area contributed by atoms with Crippen molar-refractivity contribution in [1.82, 2.24) is 15.1 Å². The Morgan fingerprint density at radius 3 is 2.88 bits per heavy atom. The molecule has 0 saturated heterocycles. The summed E-state index contributed by atoms with van der Waals surface area (Å²) in [6.45, 7) is 7.66. The topological polar surface area (TPSA) is 53.6 Å². The zero-order chi connectivity index (χ0) is 12.0. The number of nitrogens with one attached hydrogen (secondary N) is 1. The fourth-order valence-electron chi connectivity index (χ4n) is 1.51. The third-order valence-electron chi connectivity index (χ3n) is 2.63. The highest BCUT2D eigenvalue weighted by atomic mass is 15.3. The number of hydrogen-bond acceptors (Lipinski definition) is 3. The van der Waals surface area contributed by atoms with Gasteiger partial charge in [-0.3, -0.25) is 10.00 Å². The Kier molecular flexibility index (Phi) is 4.51. The smallest absolute Gasteiger partial charge is 0.105 e. The Labute approximate surface area is 97.3 Å². The van der Waals surface area contributed by atoms with E-state index in [1.165, 1.54) is 0 Å². The molecule has 1 heterocycles. The first-order chi connectivity index (χ1) is 7.59. The molecule has 16 heavy (non-hydrogen) atoms. The van der Waals surface area contributed by atoms with E-state index in [0.29, 0.717) is 0 Å². The van der Waals surface area contributed by atoms with Crippen LogP contribution in [0.15, 0.2) is 12.3 Å². The molecule has 0 radical (unpaired) electrons. The van der Waals surface area contributed by atoms with E-state index in [1.54, 1.807) is 0 Å². The summed E-state index contributed by atoms with van der Waals surface area (Å²) in [5.41, 5.74) is 0.566. The highest BCUT2D eigenvalue weighted by molar-refractivity contribution is 5.03. The molecule has 1 atom stereocenters. The molecule has 4 heteroatoms. The summed E-state index contributed by atoms with van der Waals surface area (Å²) in [7, 11) is 0. The van der Waals surface area contributed by atoms with Gasteiger partial charge < -0.3 is 0 Å². The molecule has 4 nitrogen and oxygen atoms in total. The third-order valence-corrected chi connectivity index (χ3v) is 2.63. The Morgan fingerprint density at radius 2 is 2.38 bits per heavy atom. The monoisotopic (exact) mass is 220 g/mol.